The maximum atomic E-state index is 13.7. The minimum absolute atomic E-state index is 0.183. The van der Waals surface area contributed by atoms with Gasteiger partial charge in [0, 0.05) is 25.6 Å². The predicted octanol–water partition coefficient (Wildman–Crippen LogP) is 3.77. The first-order valence-corrected chi connectivity index (χ1v) is 11.2. The number of halogens is 1. The van der Waals surface area contributed by atoms with Crippen LogP contribution in [0.2, 0.25) is 18.1 Å². The van der Waals surface area contributed by atoms with Crippen LogP contribution in [0.25, 0.3) is 0 Å². The lowest BCUT2D eigenvalue weighted by Gasteiger charge is -2.37. The molecule has 1 aromatic heterocycles. The number of nitrogens with zero attached hydrogens (tertiary/aromatic N) is 2. The van der Waals surface area contributed by atoms with Gasteiger partial charge in [0.25, 0.3) is 0 Å². The quantitative estimate of drug-likeness (QED) is 0.644. The van der Waals surface area contributed by atoms with Crippen LogP contribution in [0, 0.1) is 11.9 Å². The lowest BCUT2D eigenvalue weighted by atomic mass is 10.1. The minimum atomic E-state index is -1.76. The fourth-order valence-corrected chi connectivity index (χ4v) is 3.57. The summed E-state index contributed by atoms with van der Waals surface area (Å²) in [7, 11) is -1.76. The van der Waals surface area contributed by atoms with E-state index in [0.717, 1.165) is 19.5 Å². The van der Waals surface area contributed by atoms with Gasteiger partial charge < -0.3 is 14.4 Å². The number of hydrogen-bond acceptors (Lipinski definition) is 4. The standard InChI is InChI=1S/C17H27FN2O3Si/c1-17(2,3)24(4,5)23-11-12-8-9-20(10-12)14-7-6-13(16(21)22)15(18)19-14/h6-7,12H,8-11H2,1-5H3,(H,21,22)/t12-/m0/s1. The third-order valence-corrected chi connectivity index (χ3v) is 9.66. The molecule has 7 heteroatoms. The molecule has 1 aliphatic rings. The van der Waals surface area contributed by atoms with Crippen LogP contribution >= 0.6 is 0 Å². The Bertz CT molecular complexity index is 616. The van der Waals surface area contributed by atoms with Gasteiger partial charge in [-0.05, 0) is 36.7 Å². The van der Waals surface area contributed by atoms with Gasteiger partial charge in [-0.3, -0.25) is 0 Å². The molecule has 0 saturated carbocycles. The van der Waals surface area contributed by atoms with Crippen LogP contribution in [0.4, 0.5) is 10.2 Å². The number of hydrogen-bond donors (Lipinski definition) is 1. The van der Waals surface area contributed by atoms with E-state index in [9.17, 15) is 9.18 Å². The van der Waals surface area contributed by atoms with Gasteiger partial charge in [0.1, 0.15) is 11.4 Å². The number of carboxylic acid groups (broad SMARTS) is 1. The summed E-state index contributed by atoms with van der Waals surface area (Å²) in [5.41, 5.74) is -0.393. The summed E-state index contributed by atoms with van der Waals surface area (Å²) < 4.78 is 20.0. The highest BCUT2D eigenvalue weighted by atomic mass is 28.4. The fraction of sp³-hybridized carbons (Fsp3) is 0.647. The summed E-state index contributed by atoms with van der Waals surface area (Å²) in [6.45, 7) is 13.4. The fourth-order valence-electron chi connectivity index (χ4n) is 2.48. The second-order valence-electron chi connectivity index (χ2n) is 7.99. The maximum absolute atomic E-state index is 13.7. The molecule has 1 N–H and O–H groups in total. The Kier molecular flexibility index (Phi) is 5.34. The number of carbonyl (C=O) groups is 1. The Morgan fingerprint density at radius 3 is 2.67 bits per heavy atom. The molecular formula is C17H27FN2O3Si. The molecule has 0 aromatic carbocycles. The van der Waals surface area contributed by atoms with E-state index in [1.807, 2.05) is 4.90 Å². The molecule has 0 spiro atoms. The molecule has 1 aromatic rings. The predicted molar refractivity (Wildman–Crippen MR) is 94.6 cm³/mol. The second-order valence-corrected chi connectivity index (χ2v) is 12.8. The zero-order valence-electron chi connectivity index (χ0n) is 15.1. The molecule has 1 saturated heterocycles. The van der Waals surface area contributed by atoms with E-state index in [4.69, 9.17) is 9.53 Å². The molecule has 0 bridgehead atoms. The molecule has 1 fully saturated rings. The zero-order chi connectivity index (χ0) is 18.1. The smallest absolute Gasteiger partial charge is 0.340 e. The number of aromatic nitrogens is 1. The molecule has 1 aliphatic heterocycles. The Morgan fingerprint density at radius 2 is 2.12 bits per heavy atom. The third-order valence-electron chi connectivity index (χ3n) is 5.16. The van der Waals surface area contributed by atoms with Gasteiger partial charge in [0.2, 0.25) is 5.95 Å². The molecule has 0 unspecified atom stereocenters. The topological polar surface area (TPSA) is 62.7 Å². The molecule has 2 heterocycles. The molecule has 2 rings (SSSR count). The van der Waals surface area contributed by atoms with Crippen LogP contribution in [0.3, 0.4) is 0 Å². The molecule has 5 nitrogen and oxygen atoms in total. The van der Waals surface area contributed by atoms with Gasteiger partial charge in [-0.15, -0.1) is 0 Å². The highest BCUT2D eigenvalue weighted by Crippen LogP contribution is 2.37. The largest absolute Gasteiger partial charge is 0.478 e. The Morgan fingerprint density at radius 1 is 1.46 bits per heavy atom. The van der Waals surface area contributed by atoms with Crippen LogP contribution in [0.5, 0.6) is 0 Å². The molecule has 24 heavy (non-hydrogen) atoms. The van der Waals surface area contributed by atoms with Crippen molar-refractivity contribution in [2.45, 2.75) is 45.3 Å². The van der Waals surface area contributed by atoms with Crippen LogP contribution < -0.4 is 4.90 Å². The zero-order valence-corrected chi connectivity index (χ0v) is 16.1. The van der Waals surface area contributed by atoms with Crippen molar-refractivity contribution in [2.75, 3.05) is 24.6 Å². The highest BCUT2D eigenvalue weighted by molar-refractivity contribution is 6.74. The first-order chi connectivity index (χ1) is 11.0. The van der Waals surface area contributed by atoms with Crippen molar-refractivity contribution in [3.8, 4) is 0 Å². The van der Waals surface area contributed by atoms with Crippen molar-refractivity contribution in [1.29, 1.82) is 0 Å². The number of rotatable bonds is 5. The number of anilines is 1. The maximum Gasteiger partial charge on any atom is 0.340 e. The number of pyridine rings is 1. The summed E-state index contributed by atoms with van der Waals surface area (Å²) in [6, 6.07) is 2.85. The number of carboxylic acids is 1. The van der Waals surface area contributed by atoms with E-state index in [-0.39, 0.29) is 5.04 Å². The van der Waals surface area contributed by atoms with Gasteiger partial charge >= 0.3 is 5.97 Å². The Hall–Kier alpha value is -1.47. The highest BCUT2D eigenvalue weighted by Gasteiger charge is 2.38. The molecule has 134 valence electrons. The Labute approximate surface area is 144 Å². The average molecular weight is 354 g/mol. The van der Waals surface area contributed by atoms with Crippen LogP contribution in [-0.4, -0.2) is 44.1 Å². The summed E-state index contributed by atoms with van der Waals surface area (Å²) in [4.78, 5) is 16.7. The van der Waals surface area contributed by atoms with E-state index >= 15 is 0 Å². The average Bonchev–Trinajstić information content (AvgIpc) is 2.92. The van der Waals surface area contributed by atoms with Gasteiger partial charge in [0.15, 0.2) is 8.32 Å². The van der Waals surface area contributed by atoms with Gasteiger partial charge in [-0.25, -0.2) is 9.78 Å². The summed E-state index contributed by atoms with van der Waals surface area (Å²) in [6.07, 6.45) is 0.971. The van der Waals surface area contributed by atoms with E-state index in [0.29, 0.717) is 18.3 Å². The van der Waals surface area contributed by atoms with E-state index < -0.39 is 25.8 Å². The minimum Gasteiger partial charge on any atom is -0.478 e. The molecular weight excluding hydrogens is 327 g/mol. The summed E-state index contributed by atoms with van der Waals surface area (Å²) in [5.74, 6) is -1.34. The monoisotopic (exact) mass is 354 g/mol. The van der Waals surface area contributed by atoms with Gasteiger partial charge in [-0.2, -0.15) is 4.39 Å². The number of aromatic carboxylic acids is 1. The lowest BCUT2D eigenvalue weighted by Crippen LogP contribution is -2.42. The SMILES string of the molecule is CC(C)(C)[Si](C)(C)OC[C@H]1CCN(c2ccc(C(=O)O)c(F)n2)C1. The third kappa shape index (κ3) is 4.13. The van der Waals surface area contributed by atoms with E-state index in [1.54, 1.807) is 6.07 Å². The molecule has 0 aliphatic carbocycles. The van der Waals surface area contributed by atoms with Crippen molar-refractivity contribution in [1.82, 2.24) is 4.98 Å². The Balaban J connectivity index is 1.96. The second kappa shape index (κ2) is 6.80. The molecule has 0 radical (unpaired) electrons. The molecule has 1 atom stereocenters. The normalized spacial score (nSPS) is 18.9. The van der Waals surface area contributed by atoms with Crippen LogP contribution in [0.15, 0.2) is 12.1 Å². The van der Waals surface area contributed by atoms with E-state index in [2.05, 4.69) is 38.8 Å². The van der Waals surface area contributed by atoms with Crippen molar-refractivity contribution in [3.05, 3.63) is 23.6 Å². The first kappa shape index (κ1) is 18.9. The van der Waals surface area contributed by atoms with Crippen LogP contribution in [-0.2, 0) is 4.43 Å². The van der Waals surface area contributed by atoms with Crippen molar-refractivity contribution >= 4 is 20.1 Å². The summed E-state index contributed by atoms with van der Waals surface area (Å²) in [5, 5.41) is 9.05. The first-order valence-electron chi connectivity index (χ1n) is 8.30. The van der Waals surface area contributed by atoms with E-state index in [1.165, 1.54) is 6.07 Å². The van der Waals surface area contributed by atoms with Crippen molar-refractivity contribution in [2.24, 2.45) is 5.92 Å². The van der Waals surface area contributed by atoms with Crippen LogP contribution in [0.1, 0.15) is 37.6 Å². The molecule has 0 amide bonds. The van der Waals surface area contributed by atoms with Crippen molar-refractivity contribution < 1.29 is 18.7 Å². The van der Waals surface area contributed by atoms with Crippen molar-refractivity contribution in [3.63, 3.8) is 0 Å². The van der Waals surface area contributed by atoms with Gasteiger partial charge in [-0.1, -0.05) is 20.8 Å². The van der Waals surface area contributed by atoms with Gasteiger partial charge in [0.05, 0.1) is 0 Å². The summed E-state index contributed by atoms with van der Waals surface area (Å²) >= 11 is 0. The lowest BCUT2D eigenvalue weighted by molar-refractivity contribution is 0.0691.